The standard InChI is InChI=1S/C8H11BrN2/c1-11(2)8-5-6(9)3-4-7(8)10/h3-5H,10H2,1-2H3. The molecule has 0 aliphatic rings. The second-order valence-corrected chi connectivity index (χ2v) is 3.51. The van der Waals surface area contributed by atoms with Crippen LogP contribution in [-0.2, 0) is 0 Å². The molecule has 0 atom stereocenters. The van der Waals surface area contributed by atoms with Crippen LogP contribution in [0.5, 0.6) is 0 Å². The van der Waals surface area contributed by atoms with Gasteiger partial charge in [0.05, 0.1) is 11.4 Å². The average Bonchev–Trinajstić information content (AvgIpc) is 1.94. The van der Waals surface area contributed by atoms with Crippen molar-refractivity contribution < 1.29 is 0 Å². The molecule has 0 amide bonds. The van der Waals surface area contributed by atoms with Crippen LogP contribution in [0.15, 0.2) is 22.7 Å². The maximum absolute atomic E-state index is 5.73. The first-order valence-corrected chi connectivity index (χ1v) is 4.13. The Morgan fingerprint density at radius 3 is 2.45 bits per heavy atom. The number of benzene rings is 1. The molecule has 0 aliphatic carbocycles. The molecular weight excluding hydrogens is 204 g/mol. The third-order valence-corrected chi connectivity index (χ3v) is 1.97. The maximum atomic E-state index is 5.73. The highest BCUT2D eigenvalue weighted by Gasteiger charge is 2.00. The first-order valence-electron chi connectivity index (χ1n) is 3.33. The van der Waals surface area contributed by atoms with Crippen LogP contribution in [-0.4, -0.2) is 14.1 Å². The third kappa shape index (κ3) is 1.87. The summed E-state index contributed by atoms with van der Waals surface area (Å²) in [6.45, 7) is 0. The second-order valence-electron chi connectivity index (χ2n) is 2.60. The molecule has 0 bridgehead atoms. The van der Waals surface area contributed by atoms with E-state index in [0.29, 0.717) is 0 Å². The maximum Gasteiger partial charge on any atom is 0.0606 e. The molecule has 3 heteroatoms. The van der Waals surface area contributed by atoms with Crippen molar-refractivity contribution in [1.29, 1.82) is 0 Å². The zero-order valence-corrected chi connectivity index (χ0v) is 8.22. The minimum absolute atomic E-state index is 0.804. The van der Waals surface area contributed by atoms with Crippen molar-refractivity contribution in [2.45, 2.75) is 0 Å². The smallest absolute Gasteiger partial charge is 0.0606 e. The molecule has 2 nitrogen and oxygen atoms in total. The lowest BCUT2D eigenvalue weighted by Crippen LogP contribution is -2.10. The number of nitrogens with two attached hydrogens (primary N) is 1. The SMILES string of the molecule is CN(C)c1cc(Br)ccc1N. The van der Waals surface area contributed by atoms with Gasteiger partial charge in [0, 0.05) is 18.6 Å². The van der Waals surface area contributed by atoms with Crippen LogP contribution in [0.2, 0.25) is 0 Å². The minimum Gasteiger partial charge on any atom is -0.397 e. The zero-order chi connectivity index (χ0) is 8.43. The number of anilines is 2. The first-order chi connectivity index (χ1) is 5.11. The molecule has 0 aliphatic heterocycles. The van der Waals surface area contributed by atoms with Crippen molar-refractivity contribution in [1.82, 2.24) is 0 Å². The molecule has 0 fully saturated rings. The Morgan fingerprint density at radius 2 is 2.00 bits per heavy atom. The monoisotopic (exact) mass is 214 g/mol. The lowest BCUT2D eigenvalue weighted by atomic mass is 10.2. The summed E-state index contributed by atoms with van der Waals surface area (Å²) in [5, 5.41) is 0. The summed E-state index contributed by atoms with van der Waals surface area (Å²) in [5.74, 6) is 0. The molecule has 1 aromatic carbocycles. The van der Waals surface area contributed by atoms with Crippen LogP contribution >= 0.6 is 15.9 Å². The lowest BCUT2D eigenvalue weighted by molar-refractivity contribution is 1.13. The predicted molar refractivity (Wildman–Crippen MR) is 52.9 cm³/mol. The molecule has 1 aromatic rings. The molecule has 0 heterocycles. The van der Waals surface area contributed by atoms with Gasteiger partial charge in [0.25, 0.3) is 0 Å². The van der Waals surface area contributed by atoms with Crippen molar-refractivity contribution >= 4 is 27.3 Å². The quantitative estimate of drug-likeness (QED) is 0.727. The van der Waals surface area contributed by atoms with Gasteiger partial charge in [-0.3, -0.25) is 0 Å². The molecule has 1 rings (SSSR count). The van der Waals surface area contributed by atoms with Gasteiger partial charge >= 0.3 is 0 Å². The largest absolute Gasteiger partial charge is 0.397 e. The Bertz CT molecular complexity index is 258. The van der Waals surface area contributed by atoms with Crippen LogP contribution < -0.4 is 10.6 Å². The minimum atomic E-state index is 0.804. The molecule has 0 saturated heterocycles. The van der Waals surface area contributed by atoms with E-state index < -0.39 is 0 Å². The lowest BCUT2D eigenvalue weighted by Gasteiger charge is -2.14. The Balaban J connectivity index is 3.13. The van der Waals surface area contributed by atoms with Crippen LogP contribution in [0.3, 0.4) is 0 Å². The molecule has 0 spiro atoms. The fourth-order valence-electron chi connectivity index (χ4n) is 0.904. The van der Waals surface area contributed by atoms with Crippen LogP contribution in [0.4, 0.5) is 11.4 Å². The highest BCUT2D eigenvalue weighted by atomic mass is 79.9. The average molecular weight is 215 g/mol. The molecule has 0 unspecified atom stereocenters. The normalized spacial score (nSPS) is 9.73. The molecular formula is C8H11BrN2. The highest BCUT2D eigenvalue weighted by Crippen LogP contribution is 2.24. The summed E-state index contributed by atoms with van der Waals surface area (Å²) in [5.41, 5.74) is 7.57. The molecule has 11 heavy (non-hydrogen) atoms. The molecule has 0 saturated carbocycles. The van der Waals surface area contributed by atoms with E-state index in [0.717, 1.165) is 15.8 Å². The number of nitrogen functional groups attached to an aromatic ring is 1. The van der Waals surface area contributed by atoms with Crippen molar-refractivity contribution in [2.24, 2.45) is 0 Å². The van der Waals surface area contributed by atoms with E-state index in [-0.39, 0.29) is 0 Å². The summed E-state index contributed by atoms with van der Waals surface area (Å²) in [6.07, 6.45) is 0. The summed E-state index contributed by atoms with van der Waals surface area (Å²) in [4.78, 5) is 1.99. The van der Waals surface area contributed by atoms with E-state index in [4.69, 9.17) is 5.73 Å². The van der Waals surface area contributed by atoms with Crippen LogP contribution in [0, 0.1) is 0 Å². The van der Waals surface area contributed by atoms with Gasteiger partial charge in [0.1, 0.15) is 0 Å². The van der Waals surface area contributed by atoms with Crippen molar-refractivity contribution in [3.05, 3.63) is 22.7 Å². The summed E-state index contributed by atoms with van der Waals surface area (Å²) in [6, 6.07) is 5.82. The van der Waals surface area contributed by atoms with E-state index in [2.05, 4.69) is 15.9 Å². The van der Waals surface area contributed by atoms with Gasteiger partial charge in [-0.05, 0) is 18.2 Å². The van der Waals surface area contributed by atoms with Crippen LogP contribution in [0.1, 0.15) is 0 Å². The van der Waals surface area contributed by atoms with Gasteiger partial charge in [-0.15, -0.1) is 0 Å². The summed E-state index contributed by atoms with van der Waals surface area (Å²) in [7, 11) is 3.94. The molecule has 60 valence electrons. The Morgan fingerprint density at radius 1 is 1.36 bits per heavy atom. The van der Waals surface area contributed by atoms with Crippen molar-refractivity contribution in [3.8, 4) is 0 Å². The molecule has 0 radical (unpaired) electrons. The molecule has 0 aromatic heterocycles. The zero-order valence-electron chi connectivity index (χ0n) is 6.63. The number of halogens is 1. The third-order valence-electron chi connectivity index (χ3n) is 1.47. The number of nitrogens with zero attached hydrogens (tertiary/aromatic N) is 1. The number of rotatable bonds is 1. The Kier molecular flexibility index (Phi) is 2.39. The van der Waals surface area contributed by atoms with Gasteiger partial charge in [-0.2, -0.15) is 0 Å². The summed E-state index contributed by atoms with van der Waals surface area (Å²) >= 11 is 3.38. The van der Waals surface area contributed by atoms with Gasteiger partial charge in [0.2, 0.25) is 0 Å². The highest BCUT2D eigenvalue weighted by molar-refractivity contribution is 9.10. The number of hydrogen-bond donors (Lipinski definition) is 1. The van der Waals surface area contributed by atoms with E-state index in [1.54, 1.807) is 0 Å². The second kappa shape index (κ2) is 3.13. The van der Waals surface area contributed by atoms with Crippen molar-refractivity contribution in [2.75, 3.05) is 24.7 Å². The fraction of sp³-hybridized carbons (Fsp3) is 0.250. The van der Waals surface area contributed by atoms with Gasteiger partial charge in [-0.25, -0.2) is 0 Å². The molecule has 2 N–H and O–H groups in total. The van der Waals surface area contributed by atoms with E-state index in [9.17, 15) is 0 Å². The Labute approximate surface area is 75.1 Å². The van der Waals surface area contributed by atoms with E-state index in [1.807, 2.05) is 37.2 Å². The Hall–Kier alpha value is -0.700. The van der Waals surface area contributed by atoms with Crippen molar-refractivity contribution in [3.63, 3.8) is 0 Å². The summed E-state index contributed by atoms with van der Waals surface area (Å²) < 4.78 is 1.05. The van der Waals surface area contributed by atoms with Gasteiger partial charge < -0.3 is 10.6 Å². The van der Waals surface area contributed by atoms with E-state index >= 15 is 0 Å². The van der Waals surface area contributed by atoms with Crippen LogP contribution in [0.25, 0.3) is 0 Å². The van der Waals surface area contributed by atoms with Gasteiger partial charge in [0.15, 0.2) is 0 Å². The predicted octanol–water partition coefficient (Wildman–Crippen LogP) is 2.10. The number of hydrogen-bond acceptors (Lipinski definition) is 2. The van der Waals surface area contributed by atoms with E-state index in [1.165, 1.54) is 0 Å². The first kappa shape index (κ1) is 8.40. The fourth-order valence-corrected chi connectivity index (χ4v) is 1.25. The topological polar surface area (TPSA) is 29.3 Å². The van der Waals surface area contributed by atoms with Gasteiger partial charge in [-0.1, -0.05) is 15.9 Å².